The Morgan fingerprint density at radius 1 is 0.533 bits per heavy atom. The van der Waals surface area contributed by atoms with Gasteiger partial charge in [0.2, 0.25) is 0 Å². The number of aliphatic hydroxyl groups is 5. The number of H-pyrrole nitrogens is 3. The van der Waals surface area contributed by atoms with Crippen molar-refractivity contribution in [1.29, 1.82) is 0 Å². The van der Waals surface area contributed by atoms with E-state index in [4.69, 9.17) is 85.7 Å². The largest absolute Gasteiger partial charge is 0.468 e. The number of hydrogen-bond donors (Lipinski definition) is 12. The van der Waals surface area contributed by atoms with Crippen molar-refractivity contribution < 1.29 is 109 Å². The van der Waals surface area contributed by atoms with Crippen molar-refractivity contribution in [3.63, 3.8) is 0 Å². The van der Waals surface area contributed by atoms with Gasteiger partial charge >= 0.3 is 58.2 Å². The quantitative estimate of drug-likeness (QED) is 0.0125. The number of carbonyl (C=O) groups excluding carboxylic acids is 3. The minimum Gasteiger partial charge on any atom is -0.468 e. The summed E-state index contributed by atoms with van der Waals surface area (Å²) in [6, 6.07) is 22.7. The molecule has 0 aliphatic carbocycles. The highest BCUT2D eigenvalue weighted by molar-refractivity contribution is 7.52. The summed E-state index contributed by atoms with van der Waals surface area (Å²) in [5, 5.41) is 60.0. The summed E-state index contributed by atoms with van der Waals surface area (Å²) in [6.07, 6.45) is 5.45. The zero-order valence-electron chi connectivity index (χ0n) is 57.8. The van der Waals surface area contributed by atoms with Crippen molar-refractivity contribution in [1.82, 2.24) is 43.9 Å². The van der Waals surface area contributed by atoms with E-state index in [2.05, 4.69) is 27.1 Å². The van der Waals surface area contributed by atoms with Gasteiger partial charge in [0, 0.05) is 36.8 Å². The number of aromatic amines is 3. The number of ether oxygens (including phenoxy) is 6. The number of nitrogens with zero attached hydrogens (tertiary/aromatic N) is 3. The van der Waals surface area contributed by atoms with Gasteiger partial charge in [-0.3, -0.25) is 71.0 Å². The minimum absolute atomic E-state index is 0.00322. The molecular weight excluding hydrogens is 1480 g/mol. The molecule has 0 amide bonds. The van der Waals surface area contributed by atoms with Crippen LogP contribution in [-0.2, 0) is 70.1 Å². The van der Waals surface area contributed by atoms with Crippen LogP contribution in [0.3, 0.4) is 0 Å². The number of aliphatic hydroxyl groups excluding tert-OH is 3. The number of benzene rings is 3. The molecular formula is C65H77N10O29P3. The molecule has 3 aromatic heterocycles. The maximum absolute atomic E-state index is 14.5. The van der Waals surface area contributed by atoms with Crippen LogP contribution in [0, 0.1) is 37.0 Å². The zero-order valence-corrected chi connectivity index (χ0v) is 60.5. The summed E-state index contributed by atoms with van der Waals surface area (Å²) in [4.78, 5) is 114. The van der Waals surface area contributed by atoms with Crippen LogP contribution in [0.4, 0.5) is 0 Å². The predicted octanol–water partition coefficient (Wildman–Crippen LogP) is -0.713. The van der Waals surface area contributed by atoms with E-state index in [1.54, 1.807) is 68.4 Å². The second-order valence-electron chi connectivity index (χ2n) is 23.6. The van der Waals surface area contributed by atoms with Gasteiger partial charge in [0.05, 0.1) is 40.1 Å². The lowest BCUT2D eigenvalue weighted by Gasteiger charge is -2.32. The SMILES string of the molecule is C#C[C@@]1(N)[C@H](O)[C@@H](CO)O[C@H]1n1ccc(=O)[nH]c1=O.C#C[C@]1(O)[C@H](O)[C@@H](COP(=O)(N[C@@H](C)C(=O)OC(C)C)Oc2ccccc2)O[C@H]1n1ccc(=O)[nH]c1=O.C#C[C@]1(O)[C@H](OP(=O)(N[C@@H](C)C(=O)OC)Oc2ccccc2)[C@@H](COP(=O)(N[C@@H](C)C(=O)OC)Oc2ccccc2)O[C@H]1n1ccc(=O)[nH]c1=O. The van der Waals surface area contributed by atoms with Crippen LogP contribution in [0.1, 0.15) is 53.3 Å². The van der Waals surface area contributed by atoms with Crippen molar-refractivity contribution in [2.45, 2.75) is 131 Å². The van der Waals surface area contributed by atoms with E-state index in [0.29, 0.717) is 0 Å². The minimum atomic E-state index is -4.81. The van der Waals surface area contributed by atoms with E-state index in [1.807, 2.05) is 20.9 Å². The molecule has 3 fully saturated rings. The Hall–Kier alpha value is -9.72. The van der Waals surface area contributed by atoms with Crippen molar-refractivity contribution in [3.8, 4) is 54.3 Å². The van der Waals surface area contributed by atoms with Crippen LogP contribution in [0.5, 0.6) is 17.2 Å². The molecule has 39 nitrogen and oxygen atoms in total. The van der Waals surface area contributed by atoms with Crippen LogP contribution >= 0.6 is 23.2 Å². The zero-order chi connectivity index (χ0) is 79.0. The fraction of sp³-hybridized carbons (Fsp3) is 0.400. The molecule has 18 atom stereocenters. The van der Waals surface area contributed by atoms with Crippen molar-refractivity contribution in [2.75, 3.05) is 34.0 Å². The maximum atomic E-state index is 14.5. The standard InChI is InChI=1S/C31H36N4O14P2.C23H28N3O10P.C11H13N3O5/c1-6-31(40)26(49-51(42,34-21(3)28(38)44-5)48-23-15-11-8-12-16-23)24(46-29(31)35-18-17-25(36)32-30(35)39)19-45-50(41,33-20(2)27(37)43-4)47-22-13-9-7-10-14-22;1-5-23(31)19(28)17(35-21(23)26-12-11-18(27)24-22(26)30)13-33-37(32,36-16-9-7-6-8-10-16)25-15(4)20(29)34-14(2)3;1-2-11(12)8(17)6(5-15)19-9(11)14-4-3-7(16)13-10(14)18/h1,7-18,20-21,24,26,29,40H,19H2,2-5H3,(H,33,41)(H,34,42)(H,32,36,39);1,6-12,14-15,17,19,21,28,31H,13H2,2-4H3,(H,25,32)(H,24,27,30);1,3-4,6,8-9,15,17H,5,12H2,(H,13,16,18)/t20-,21-,24+,26+,29+,31-,50?,51?;15-,17+,19+,21+,23-,37?;6-,8-,9-,11-/m001/s1. The lowest BCUT2D eigenvalue weighted by Crippen LogP contribution is -2.55. The highest BCUT2D eigenvalue weighted by atomic mass is 31.2. The Labute approximate surface area is 607 Å². The molecule has 6 aromatic rings. The van der Waals surface area contributed by atoms with Gasteiger partial charge in [0.1, 0.15) is 72.0 Å². The van der Waals surface area contributed by atoms with Gasteiger partial charge in [-0.15, -0.1) is 19.3 Å². The molecule has 3 aliphatic heterocycles. The fourth-order valence-electron chi connectivity index (χ4n) is 10.2. The number of nitrogens with two attached hydrogens (primary N) is 1. The summed E-state index contributed by atoms with van der Waals surface area (Å²) < 4.78 is 110. The third-order valence-electron chi connectivity index (χ3n) is 15.5. The lowest BCUT2D eigenvalue weighted by atomic mass is 9.92. The Morgan fingerprint density at radius 2 is 0.888 bits per heavy atom. The number of hydrogen-bond acceptors (Lipinski definition) is 30. The van der Waals surface area contributed by atoms with Crippen LogP contribution in [0.25, 0.3) is 0 Å². The van der Waals surface area contributed by atoms with Gasteiger partial charge in [0.15, 0.2) is 35.4 Å². The molecule has 3 saturated heterocycles. The molecule has 42 heteroatoms. The Morgan fingerprint density at radius 3 is 1.26 bits per heavy atom. The van der Waals surface area contributed by atoms with Gasteiger partial charge in [-0.05, 0) is 71.0 Å². The molecule has 0 bridgehead atoms. The van der Waals surface area contributed by atoms with E-state index in [-0.39, 0.29) is 17.2 Å². The smallest absolute Gasteiger partial charge is 0.459 e. The highest BCUT2D eigenvalue weighted by Gasteiger charge is 2.61. The normalized spacial score (nSPS) is 26.1. The van der Waals surface area contributed by atoms with Gasteiger partial charge in [-0.2, -0.15) is 15.3 Å². The van der Waals surface area contributed by atoms with Crippen molar-refractivity contribution in [2.24, 2.45) is 5.73 Å². The van der Waals surface area contributed by atoms with Crippen LogP contribution < -0.4 is 68.3 Å². The third kappa shape index (κ3) is 20.7. The molecule has 9 rings (SSSR count). The number of rotatable bonds is 28. The van der Waals surface area contributed by atoms with Gasteiger partial charge in [0.25, 0.3) is 16.7 Å². The second kappa shape index (κ2) is 36.3. The first-order valence-corrected chi connectivity index (χ1v) is 36.4. The highest BCUT2D eigenvalue weighted by Crippen LogP contribution is 2.54. The molecule has 0 saturated carbocycles. The summed E-state index contributed by atoms with van der Waals surface area (Å²) in [7, 11) is -11.5. The van der Waals surface area contributed by atoms with E-state index in [1.165, 1.54) is 57.2 Å². The topological polar surface area (TPSA) is 541 Å². The summed E-state index contributed by atoms with van der Waals surface area (Å²) in [5.41, 5.74) is -5.77. The molecule has 107 heavy (non-hydrogen) atoms. The number of aromatic nitrogens is 6. The van der Waals surface area contributed by atoms with E-state index < -0.39 is 191 Å². The number of para-hydroxylation sites is 3. The maximum Gasteiger partial charge on any atom is 0.459 e. The first kappa shape index (κ1) is 84.5. The van der Waals surface area contributed by atoms with E-state index in [0.717, 1.165) is 64.7 Å². The first-order chi connectivity index (χ1) is 50.5. The first-order valence-electron chi connectivity index (χ1n) is 31.7. The molecule has 3 aromatic carbocycles. The molecule has 13 N–H and O–H groups in total. The molecule has 6 heterocycles. The fourth-order valence-corrected chi connectivity index (χ4v) is 15.0. The molecule has 0 radical (unpaired) electrons. The van der Waals surface area contributed by atoms with E-state index >= 15 is 0 Å². The average molecular weight is 1560 g/mol. The van der Waals surface area contributed by atoms with Gasteiger partial charge < -0.3 is 73.3 Å². The molecule has 0 spiro atoms. The van der Waals surface area contributed by atoms with Crippen LogP contribution in [0.15, 0.2) is 157 Å². The number of carbonyl (C=O) groups is 3. The summed E-state index contributed by atoms with van der Waals surface area (Å²) >= 11 is 0. The van der Waals surface area contributed by atoms with Crippen LogP contribution in [-0.4, -0.2) is 184 Å². The number of nitrogens with one attached hydrogen (secondary N) is 6. The van der Waals surface area contributed by atoms with Crippen molar-refractivity contribution >= 4 is 41.1 Å². The monoisotopic (exact) mass is 1550 g/mol. The molecule has 3 unspecified atom stereocenters. The number of esters is 3. The Balaban J connectivity index is 0.000000247. The second-order valence-corrected chi connectivity index (χ2v) is 28.7. The van der Waals surface area contributed by atoms with Crippen LogP contribution in [0.2, 0.25) is 0 Å². The molecule has 576 valence electrons. The Bertz CT molecular complexity index is 4750. The van der Waals surface area contributed by atoms with Gasteiger partial charge in [-0.1, -0.05) is 72.4 Å². The summed E-state index contributed by atoms with van der Waals surface area (Å²) in [6.45, 7) is 5.32. The van der Waals surface area contributed by atoms with Crippen molar-refractivity contribution in [3.05, 3.63) is 190 Å². The molecule has 3 aliphatic rings. The third-order valence-corrected chi connectivity index (χ3v) is 20.5. The summed E-state index contributed by atoms with van der Waals surface area (Å²) in [5.74, 6) is 4.09. The Kier molecular flexibility index (Phi) is 28.6. The van der Waals surface area contributed by atoms with Gasteiger partial charge in [-0.25, -0.2) is 28.1 Å². The number of terminal acetylenes is 3. The average Bonchev–Trinajstić information content (AvgIpc) is 1.62. The lowest BCUT2D eigenvalue weighted by molar-refractivity contribution is -0.149. The number of methoxy groups -OCH3 is 2. The predicted molar refractivity (Wildman–Crippen MR) is 372 cm³/mol. The van der Waals surface area contributed by atoms with E-state index in [9.17, 15) is 77.3 Å².